The first-order valence-electron chi connectivity index (χ1n) is 8.97. The number of benzene rings is 2. The quantitative estimate of drug-likeness (QED) is 0.909. The third kappa shape index (κ3) is 4.75. The van der Waals surface area contributed by atoms with Crippen molar-refractivity contribution < 1.29 is 9.53 Å². The highest BCUT2D eigenvalue weighted by Crippen LogP contribution is 2.27. The summed E-state index contributed by atoms with van der Waals surface area (Å²) in [5.74, 6) is 1.26. The van der Waals surface area contributed by atoms with Crippen molar-refractivity contribution in [3.8, 4) is 5.75 Å². The number of hydrogen-bond donors (Lipinski definition) is 1. The lowest BCUT2D eigenvalue weighted by Crippen LogP contribution is -2.41. The number of amides is 2. The Kier molecular flexibility index (Phi) is 5.94. The van der Waals surface area contributed by atoms with Gasteiger partial charge in [0, 0.05) is 25.6 Å². The van der Waals surface area contributed by atoms with Crippen molar-refractivity contribution in [1.29, 1.82) is 0 Å². The molecule has 0 radical (unpaired) electrons. The van der Waals surface area contributed by atoms with E-state index < -0.39 is 0 Å². The summed E-state index contributed by atoms with van der Waals surface area (Å²) in [6, 6.07) is 18.3. The van der Waals surface area contributed by atoms with E-state index in [4.69, 9.17) is 4.74 Å². The summed E-state index contributed by atoms with van der Waals surface area (Å²) in [4.78, 5) is 14.6. The van der Waals surface area contributed by atoms with Crippen molar-refractivity contribution in [1.82, 2.24) is 10.2 Å². The molecule has 0 bridgehead atoms. The van der Waals surface area contributed by atoms with Gasteiger partial charge in [0.1, 0.15) is 5.75 Å². The maximum atomic E-state index is 12.6. The summed E-state index contributed by atoms with van der Waals surface area (Å²) in [5, 5.41) is 3.05. The Bertz CT molecular complexity index is 670. The number of urea groups is 1. The fraction of sp³-hybridized carbons (Fsp3) is 0.381. The van der Waals surface area contributed by atoms with E-state index >= 15 is 0 Å². The third-order valence-electron chi connectivity index (χ3n) is 4.83. The summed E-state index contributed by atoms with van der Waals surface area (Å²) in [6.45, 7) is 2.17. The summed E-state index contributed by atoms with van der Waals surface area (Å²) in [7, 11) is 1.68. The fourth-order valence-corrected chi connectivity index (χ4v) is 3.36. The molecule has 0 saturated carbocycles. The fourth-order valence-electron chi connectivity index (χ4n) is 3.36. The van der Waals surface area contributed by atoms with Crippen molar-refractivity contribution in [2.75, 3.05) is 20.2 Å². The molecule has 0 aromatic heterocycles. The SMILES string of the molecule is COc1ccc(C2CCCCN(C(=O)NCc3ccccc3)C2)cc1. The van der Waals surface area contributed by atoms with Crippen LogP contribution in [0.1, 0.15) is 36.3 Å². The Labute approximate surface area is 149 Å². The molecule has 1 N–H and O–H groups in total. The van der Waals surface area contributed by atoms with E-state index in [1.807, 2.05) is 47.4 Å². The second kappa shape index (κ2) is 8.56. The van der Waals surface area contributed by atoms with Crippen LogP contribution in [0.15, 0.2) is 54.6 Å². The zero-order valence-electron chi connectivity index (χ0n) is 14.8. The maximum absolute atomic E-state index is 12.6. The first-order chi connectivity index (χ1) is 12.3. The molecular weight excluding hydrogens is 312 g/mol. The summed E-state index contributed by atoms with van der Waals surface area (Å²) < 4.78 is 5.24. The van der Waals surface area contributed by atoms with Gasteiger partial charge in [0.25, 0.3) is 0 Å². The van der Waals surface area contributed by atoms with Crippen LogP contribution in [0.4, 0.5) is 4.79 Å². The molecular formula is C21H26N2O2. The predicted octanol–water partition coefficient (Wildman–Crippen LogP) is 4.17. The molecule has 25 heavy (non-hydrogen) atoms. The van der Waals surface area contributed by atoms with Gasteiger partial charge in [-0.1, -0.05) is 48.9 Å². The van der Waals surface area contributed by atoms with Crippen LogP contribution in [0.5, 0.6) is 5.75 Å². The predicted molar refractivity (Wildman–Crippen MR) is 99.8 cm³/mol. The summed E-state index contributed by atoms with van der Waals surface area (Å²) >= 11 is 0. The van der Waals surface area contributed by atoms with Crippen LogP contribution < -0.4 is 10.1 Å². The standard InChI is InChI=1S/C21H26N2O2/c1-25-20-12-10-18(11-13-20)19-9-5-6-14-23(16-19)21(24)22-15-17-7-3-2-4-8-17/h2-4,7-8,10-13,19H,5-6,9,14-16H2,1H3,(H,22,24). The van der Waals surface area contributed by atoms with Crippen LogP contribution in [0.3, 0.4) is 0 Å². The summed E-state index contributed by atoms with van der Waals surface area (Å²) in [5.41, 5.74) is 2.40. The lowest BCUT2D eigenvalue weighted by Gasteiger charge is -2.25. The number of nitrogens with zero attached hydrogens (tertiary/aromatic N) is 1. The number of nitrogens with one attached hydrogen (secondary N) is 1. The van der Waals surface area contributed by atoms with Gasteiger partial charge < -0.3 is 15.0 Å². The minimum Gasteiger partial charge on any atom is -0.497 e. The van der Waals surface area contributed by atoms with Crippen molar-refractivity contribution in [2.45, 2.75) is 31.7 Å². The van der Waals surface area contributed by atoms with Crippen molar-refractivity contribution in [3.63, 3.8) is 0 Å². The lowest BCUT2D eigenvalue weighted by molar-refractivity contribution is 0.197. The first kappa shape index (κ1) is 17.3. The maximum Gasteiger partial charge on any atom is 0.317 e. The van der Waals surface area contributed by atoms with E-state index in [-0.39, 0.29) is 6.03 Å². The second-order valence-electron chi connectivity index (χ2n) is 6.56. The van der Waals surface area contributed by atoms with Gasteiger partial charge in [-0.05, 0) is 36.1 Å². The highest BCUT2D eigenvalue weighted by molar-refractivity contribution is 5.74. The van der Waals surface area contributed by atoms with Gasteiger partial charge in [-0.2, -0.15) is 0 Å². The van der Waals surface area contributed by atoms with E-state index in [1.165, 1.54) is 5.56 Å². The molecule has 4 nitrogen and oxygen atoms in total. The molecule has 1 saturated heterocycles. The van der Waals surface area contributed by atoms with Crippen molar-refractivity contribution in [3.05, 3.63) is 65.7 Å². The van der Waals surface area contributed by atoms with Gasteiger partial charge in [0.05, 0.1) is 7.11 Å². The molecule has 1 unspecified atom stereocenters. The smallest absolute Gasteiger partial charge is 0.317 e. The molecule has 0 aliphatic carbocycles. The van der Waals surface area contributed by atoms with Crippen LogP contribution in [0.25, 0.3) is 0 Å². The zero-order valence-corrected chi connectivity index (χ0v) is 14.8. The van der Waals surface area contributed by atoms with Gasteiger partial charge in [-0.15, -0.1) is 0 Å². The first-order valence-corrected chi connectivity index (χ1v) is 8.97. The average molecular weight is 338 g/mol. The van der Waals surface area contributed by atoms with Crippen LogP contribution >= 0.6 is 0 Å². The van der Waals surface area contributed by atoms with E-state index in [0.717, 1.165) is 43.7 Å². The van der Waals surface area contributed by atoms with Crippen LogP contribution in [0, 0.1) is 0 Å². The molecule has 132 valence electrons. The van der Waals surface area contributed by atoms with Crippen LogP contribution in [-0.2, 0) is 6.54 Å². The van der Waals surface area contributed by atoms with Crippen molar-refractivity contribution >= 4 is 6.03 Å². The topological polar surface area (TPSA) is 41.6 Å². The third-order valence-corrected chi connectivity index (χ3v) is 4.83. The number of rotatable bonds is 4. The Morgan fingerprint density at radius 1 is 1.12 bits per heavy atom. The van der Waals surface area contributed by atoms with Gasteiger partial charge in [-0.3, -0.25) is 0 Å². The van der Waals surface area contributed by atoms with Gasteiger partial charge in [-0.25, -0.2) is 4.79 Å². The van der Waals surface area contributed by atoms with E-state index in [0.29, 0.717) is 12.5 Å². The van der Waals surface area contributed by atoms with Gasteiger partial charge in [0.2, 0.25) is 0 Å². The molecule has 1 aliphatic heterocycles. The Hall–Kier alpha value is -2.49. The minimum atomic E-state index is 0.0317. The number of likely N-dealkylation sites (tertiary alicyclic amines) is 1. The number of ether oxygens (including phenoxy) is 1. The van der Waals surface area contributed by atoms with E-state index in [9.17, 15) is 4.79 Å². The summed E-state index contributed by atoms with van der Waals surface area (Å²) in [6.07, 6.45) is 3.33. The zero-order chi connectivity index (χ0) is 17.5. The lowest BCUT2D eigenvalue weighted by atomic mass is 9.94. The van der Waals surface area contributed by atoms with Gasteiger partial charge in [0.15, 0.2) is 0 Å². The highest BCUT2D eigenvalue weighted by atomic mass is 16.5. The molecule has 1 atom stereocenters. The monoisotopic (exact) mass is 338 g/mol. The largest absolute Gasteiger partial charge is 0.497 e. The molecule has 3 rings (SSSR count). The van der Waals surface area contributed by atoms with Gasteiger partial charge >= 0.3 is 6.03 Å². The number of carbonyl (C=O) groups excluding carboxylic acids is 1. The molecule has 1 aliphatic rings. The molecule has 2 aromatic carbocycles. The van der Waals surface area contributed by atoms with Crippen LogP contribution in [-0.4, -0.2) is 31.1 Å². The molecule has 1 heterocycles. The highest BCUT2D eigenvalue weighted by Gasteiger charge is 2.23. The average Bonchev–Trinajstić information content (AvgIpc) is 2.93. The molecule has 2 amide bonds. The Morgan fingerprint density at radius 3 is 2.60 bits per heavy atom. The number of methoxy groups -OCH3 is 1. The molecule has 1 fully saturated rings. The molecule has 2 aromatic rings. The Morgan fingerprint density at radius 2 is 1.88 bits per heavy atom. The molecule has 0 spiro atoms. The number of carbonyl (C=O) groups is 1. The minimum absolute atomic E-state index is 0.0317. The number of hydrogen-bond acceptors (Lipinski definition) is 2. The van der Waals surface area contributed by atoms with Crippen LogP contribution in [0.2, 0.25) is 0 Å². The molecule has 4 heteroatoms. The Balaban J connectivity index is 1.61. The normalized spacial score (nSPS) is 17.6. The van der Waals surface area contributed by atoms with Crippen molar-refractivity contribution in [2.24, 2.45) is 0 Å². The second-order valence-corrected chi connectivity index (χ2v) is 6.56. The van der Waals surface area contributed by atoms with E-state index in [2.05, 4.69) is 17.4 Å². The van der Waals surface area contributed by atoms with E-state index in [1.54, 1.807) is 7.11 Å².